The maximum atomic E-state index is 5.81. The molecule has 18 heavy (non-hydrogen) atoms. The summed E-state index contributed by atoms with van der Waals surface area (Å²) in [6.07, 6.45) is 5.23. The number of hydrogen-bond acceptors (Lipinski definition) is 3. The smallest absolute Gasteiger partial charge is 0.139 e. The number of anilines is 1. The second-order valence-electron chi connectivity index (χ2n) is 5.04. The van der Waals surface area contributed by atoms with Crippen LogP contribution in [0.15, 0.2) is 36.5 Å². The fourth-order valence-electron chi connectivity index (χ4n) is 2.64. The summed E-state index contributed by atoms with van der Waals surface area (Å²) in [7, 11) is 0. The zero-order chi connectivity index (χ0) is 12.6. The quantitative estimate of drug-likeness (QED) is 0.876. The van der Waals surface area contributed by atoms with Crippen LogP contribution in [0.2, 0.25) is 0 Å². The molecule has 1 saturated carbocycles. The van der Waals surface area contributed by atoms with Crippen molar-refractivity contribution in [1.82, 2.24) is 9.97 Å². The molecule has 3 nitrogen and oxygen atoms in total. The van der Waals surface area contributed by atoms with Crippen molar-refractivity contribution in [3.05, 3.63) is 53.6 Å². The minimum Gasteiger partial charge on any atom is -0.396 e. The van der Waals surface area contributed by atoms with Crippen molar-refractivity contribution in [3.63, 3.8) is 0 Å². The van der Waals surface area contributed by atoms with Crippen LogP contribution in [0.3, 0.4) is 0 Å². The highest BCUT2D eigenvalue weighted by molar-refractivity contribution is 5.42. The van der Waals surface area contributed by atoms with Crippen molar-refractivity contribution in [2.75, 3.05) is 5.73 Å². The Morgan fingerprint density at radius 2 is 1.89 bits per heavy atom. The minimum absolute atomic E-state index is 0.0136. The third-order valence-electron chi connectivity index (χ3n) is 3.98. The van der Waals surface area contributed by atoms with Gasteiger partial charge in [0.05, 0.1) is 23.0 Å². The SMILES string of the molecule is Cc1nc(C2(c3ccccc3)CCC2)ncc1N. The van der Waals surface area contributed by atoms with E-state index in [0.717, 1.165) is 24.4 Å². The molecule has 0 unspecified atom stereocenters. The fraction of sp³-hybridized carbons (Fsp3) is 0.333. The predicted octanol–water partition coefficient (Wildman–Crippen LogP) is 2.84. The Balaban J connectivity index is 2.09. The molecule has 0 amide bonds. The molecule has 1 aromatic heterocycles. The normalized spacial score (nSPS) is 17.2. The van der Waals surface area contributed by atoms with E-state index in [1.807, 2.05) is 13.0 Å². The lowest BCUT2D eigenvalue weighted by molar-refractivity contribution is 0.284. The molecular formula is C15H17N3. The standard InChI is InChI=1S/C15H17N3/c1-11-13(16)10-17-14(18-11)15(8-5-9-15)12-6-3-2-4-7-12/h2-4,6-7,10H,5,8-9,16H2,1H3. The fourth-order valence-corrected chi connectivity index (χ4v) is 2.64. The van der Waals surface area contributed by atoms with Crippen LogP contribution in [0.5, 0.6) is 0 Å². The third-order valence-corrected chi connectivity index (χ3v) is 3.98. The average molecular weight is 239 g/mol. The van der Waals surface area contributed by atoms with Crippen LogP contribution in [-0.2, 0) is 5.41 Å². The number of nitrogens with zero attached hydrogens (tertiary/aromatic N) is 2. The summed E-state index contributed by atoms with van der Waals surface area (Å²) in [5, 5.41) is 0. The number of aryl methyl sites for hydroxylation is 1. The van der Waals surface area contributed by atoms with Crippen LogP contribution in [0.25, 0.3) is 0 Å². The zero-order valence-electron chi connectivity index (χ0n) is 10.6. The molecule has 3 rings (SSSR count). The van der Waals surface area contributed by atoms with Crippen molar-refractivity contribution in [2.45, 2.75) is 31.6 Å². The van der Waals surface area contributed by atoms with Crippen molar-refractivity contribution in [1.29, 1.82) is 0 Å². The van der Waals surface area contributed by atoms with E-state index in [-0.39, 0.29) is 5.41 Å². The molecule has 1 fully saturated rings. The van der Waals surface area contributed by atoms with Gasteiger partial charge >= 0.3 is 0 Å². The molecule has 92 valence electrons. The van der Waals surface area contributed by atoms with Gasteiger partial charge in [-0.15, -0.1) is 0 Å². The molecule has 3 heteroatoms. The summed E-state index contributed by atoms with van der Waals surface area (Å²) in [5.74, 6) is 0.923. The summed E-state index contributed by atoms with van der Waals surface area (Å²) < 4.78 is 0. The topological polar surface area (TPSA) is 51.8 Å². The Morgan fingerprint density at radius 1 is 1.17 bits per heavy atom. The molecule has 0 radical (unpaired) electrons. The summed E-state index contributed by atoms with van der Waals surface area (Å²) in [6.45, 7) is 1.94. The first-order valence-electron chi connectivity index (χ1n) is 6.37. The Bertz CT molecular complexity index is 559. The highest BCUT2D eigenvalue weighted by Crippen LogP contribution is 2.47. The van der Waals surface area contributed by atoms with E-state index in [2.05, 4.69) is 34.2 Å². The van der Waals surface area contributed by atoms with Crippen molar-refractivity contribution < 1.29 is 0 Å². The van der Waals surface area contributed by atoms with Gasteiger partial charge in [-0.1, -0.05) is 36.8 Å². The summed E-state index contributed by atoms with van der Waals surface area (Å²) in [4.78, 5) is 9.08. The molecule has 0 bridgehead atoms. The number of nitrogen functional groups attached to an aromatic ring is 1. The summed E-state index contributed by atoms with van der Waals surface area (Å²) in [6, 6.07) is 10.6. The number of rotatable bonds is 2. The highest BCUT2D eigenvalue weighted by Gasteiger charge is 2.42. The third kappa shape index (κ3) is 1.58. The van der Waals surface area contributed by atoms with E-state index in [4.69, 9.17) is 5.73 Å². The van der Waals surface area contributed by atoms with Gasteiger partial charge in [0, 0.05) is 0 Å². The van der Waals surface area contributed by atoms with Gasteiger partial charge in [-0.05, 0) is 25.3 Å². The number of aromatic nitrogens is 2. The van der Waals surface area contributed by atoms with Crippen molar-refractivity contribution >= 4 is 5.69 Å². The monoisotopic (exact) mass is 239 g/mol. The van der Waals surface area contributed by atoms with Crippen molar-refractivity contribution in [3.8, 4) is 0 Å². The zero-order valence-corrected chi connectivity index (χ0v) is 10.6. The molecule has 0 spiro atoms. The largest absolute Gasteiger partial charge is 0.396 e. The molecule has 1 aliphatic carbocycles. The maximum Gasteiger partial charge on any atom is 0.139 e. The average Bonchev–Trinajstić information content (AvgIpc) is 2.34. The molecule has 0 saturated heterocycles. The summed E-state index contributed by atoms with van der Waals surface area (Å²) in [5.41, 5.74) is 8.68. The molecular weight excluding hydrogens is 222 g/mol. The molecule has 1 aliphatic rings. The second-order valence-corrected chi connectivity index (χ2v) is 5.04. The van der Waals surface area contributed by atoms with Gasteiger partial charge in [0.1, 0.15) is 5.82 Å². The first-order chi connectivity index (χ1) is 8.72. The molecule has 0 aliphatic heterocycles. The van der Waals surface area contributed by atoms with E-state index in [9.17, 15) is 0 Å². The van der Waals surface area contributed by atoms with Gasteiger partial charge in [-0.2, -0.15) is 0 Å². The molecule has 0 atom stereocenters. The molecule has 2 aromatic rings. The van der Waals surface area contributed by atoms with Crippen LogP contribution in [0, 0.1) is 6.92 Å². The van der Waals surface area contributed by atoms with Crippen LogP contribution in [0.1, 0.15) is 36.3 Å². The lowest BCUT2D eigenvalue weighted by Gasteiger charge is -2.41. The van der Waals surface area contributed by atoms with E-state index < -0.39 is 0 Å². The number of nitrogens with two attached hydrogens (primary N) is 1. The Labute approximate surface area is 107 Å². The molecule has 2 N–H and O–H groups in total. The van der Waals surface area contributed by atoms with Gasteiger partial charge in [0.15, 0.2) is 0 Å². The molecule has 1 heterocycles. The van der Waals surface area contributed by atoms with Crippen LogP contribution >= 0.6 is 0 Å². The van der Waals surface area contributed by atoms with Crippen molar-refractivity contribution in [2.24, 2.45) is 0 Å². The summed E-state index contributed by atoms with van der Waals surface area (Å²) >= 11 is 0. The molecule has 1 aromatic carbocycles. The van der Waals surface area contributed by atoms with Crippen LogP contribution < -0.4 is 5.73 Å². The van der Waals surface area contributed by atoms with Gasteiger partial charge in [-0.25, -0.2) is 9.97 Å². The Morgan fingerprint density at radius 3 is 2.44 bits per heavy atom. The van der Waals surface area contributed by atoms with E-state index in [1.165, 1.54) is 12.0 Å². The van der Waals surface area contributed by atoms with Crippen LogP contribution in [0.4, 0.5) is 5.69 Å². The van der Waals surface area contributed by atoms with Gasteiger partial charge < -0.3 is 5.73 Å². The van der Waals surface area contributed by atoms with E-state index >= 15 is 0 Å². The predicted molar refractivity (Wildman–Crippen MR) is 72.3 cm³/mol. The lowest BCUT2D eigenvalue weighted by Crippen LogP contribution is -2.37. The number of hydrogen-bond donors (Lipinski definition) is 1. The van der Waals surface area contributed by atoms with Gasteiger partial charge in [-0.3, -0.25) is 0 Å². The first-order valence-corrected chi connectivity index (χ1v) is 6.37. The second kappa shape index (κ2) is 4.09. The van der Waals surface area contributed by atoms with Gasteiger partial charge in [0.2, 0.25) is 0 Å². The Hall–Kier alpha value is -1.90. The lowest BCUT2D eigenvalue weighted by atomic mass is 9.64. The Kier molecular flexibility index (Phi) is 2.54. The number of benzene rings is 1. The van der Waals surface area contributed by atoms with E-state index in [0.29, 0.717) is 5.69 Å². The first kappa shape index (κ1) is 11.2. The maximum absolute atomic E-state index is 5.81. The van der Waals surface area contributed by atoms with Crippen LogP contribution in [-0.4, -0.2) is 9.97 Å². The highest BCUT2D eigenvalue weighted by atomic mass is 14.9. The van der Waals surface area contributed by atoms with E-state index in [1.54, 1.807) is 6.20 Å². The minimum atomic E-state index is 0.0136. The van der Waals surface area contributed by atoms with Gasteiger partial charge in [0.25, 0.3) is 0 Å².